The van der Waals surface area contributed by atoms with Crippen molar-refractivity contribution >= 4 is 20.9 Å². The third kappa shape index (κ3) is 1.58. The number of benzene rings is 1. The fourth-order valence-electron chi connectivity index (χ4n) is 1.12. The summed E-state index contributed by atoms with van der Waals surface area (Å²) in [5.41, 5.74) is 1.29. The molecule has 0 saturated heterocycles. The van der Waals surface area contributed by atoms with Gasteiger partial charge in [0.2, 0.25) is 0 Å². The van der Waals surface area contributed by atoms with Gasteiger partial charge in [-0.05, 0) is 12.1 Å². The van der Waals surface area contributed by atoms with Gasteiger partial charge in [-0.1, -0.05) is 12.1 Å². The van der Waals surface area contributed by atoms with Crippen LogP contribution in [0, 0.1) is 0 Å². The first-order valence-corrected chi connectivity index (χ1v) is 5.88. The molecule has 2 rings (SSSR count). The average molecular weight is 208 g/mol. The Morgan fingerprint density at radius 3 is 2.43 bits per heavy atom. The molecule has 2 aromatic rings. The molecule has 0 amide bonds. The molecular formula is C9H8N2O2S. The highest BCUT2D eigenvalue weighted by atomic mass is 32.2. The molecule has 72 valence electrons. The van der Waals surface area contributed by atoms with E-state index in [-0.39, 0.29) is 5.03 Å². The van der Waals surface area contributed by atoms with E-state index in [9.17, 15) is 8.42 Å². The summed E-state index contributed by atoms with van der Waals surface area (Å²) in [5, 5.41) is 0.0104. The molecule has 0 aliphatic carbocycles. The molecule has 0 spiro atoms. The summed E-state index contributed by atoms with van der Waals surface area (Å²) in [6, 6.07) is 7.14. The second kappa shape index (κ2) is 3.02. The first-order valence-electron chi connectivity index (χ1n) is 3.99. The van der Waals surface area contributed by atoms with Gasteiger partial charge in [-0.3, -0.25) is 4.98 Å². The lowest BCUT2D eigenvalue weighted by Crippen LogP contribution is -2.01. The van der Waals surface area contributed by atoms with Gasteiger partial charge in [0, 0.05) is 6.26 Å². The monoisotopic (exact) mass is 208 g/mol. The highest BCUT2D eigenvalue weighted by molar-refractivity contribution is 7.90. The number of sulfone groups is 1. The van der Waals surface area contributed by atoms with E-state index in [4.69, 9.17) is 0 Å². The summed E-state index contributed by atoms with van der Waals surface area (Å²) in [6.45, 7) is 0. The average Bonchev–Trinajstić information content (AvgIpc) is 2.16. The molecule has 0 saturated carbocycles. The standard InChI is InChI=1S/C9H8N2O2S/c1-14(12,13)9-6-10-7-4-2-3-5-8(7)11-9/h2-6H,1H3. The topological polar surface area (TPSA) is 59.9 Å². The molecule has 0 aliphatic rings. The normalized spacial score (nSPS) is 11.8. The molecule has 1 aromatic carbocycles. The van der Waals surface area contributed by atoms with E-state index >= 15 is 0 Å². The van der Waals surface area contributed by atoms with Crippen molar-refractivity contribution in [3.05, 3.63) is 30.5 Å². The second-order valence-corrected chi connectivity index (χ2v) is 4.93. The van der Waals surface area contributed by atoms with E-state index in [2.05, 4.69) is 9.97 Å². The lowest BCUT2D eigenvalue weighted by atomic mass is 10.3. The Kier molecular flexibility index (Phi) is 1.96. The number of para-hydroxylation sites is 2. The first kappa shape index (κ1) is 9.08. The zero-order chi connectivity index (χ0) is 10.2. The number of rotatable bonds is 1. The molecule has 0 radical (unpaired) electrons. The van der Waals surface area contributed by atoms with Crippen LogP contribution in [0.25, 0.3) is 11.0 Å². The van der Waals surface area contributed by atoms with E-state index in [1.165, 1.54) is 6.20 Å². The Morgan fingerprint density at radius 2 is 1.79 bits per heavy atom. The van der Waals surface area contributed by atoms with Gasteiger partial charge in [0.05, 0.1) is 17.2 Å². The van der Waals surface area contributed by atoms with Crippen molar-refractivity contribution in [2.75, 3.05) is 6.26 Å². The Morgan fingerprint density at radius 1 is 1.14 bits per heavy atom. The van der Waals surface area contributed by atoms with Gasteiger partial charge < -0.3 is 0 Å². The third-order valence-electron chi connectivity index (χ3n) is 1.81. The summed E-state index contributed by atoms with van der Waals surface area (Å²) >= 11 is 0. The van der Waals surface area contributed by atoms with E-state index in [0.717, 1.165) is 6.26 Å². The third-order valence-corrected chi connectivity index (χ3v) is 2.76. The molecule has 1 heterocycles. The largest absolute Gasteiger partial charge is 0.252 e. The van der Waals surface area contributed by atoms with Gasteiger partial charge in [-0.2, -0.15) is 0 Å². The maximum Gasteiger partial charge on any atom is 0.194 e. The Balaban J connectivity index is 2.75. The number of nitrogens with zero attached hydrogens (tertiary/aromatic N) is 2. The first-order chi connectivity index (χ1) is 6.57. The maximum absolute atomic E-state index is 11.2. The minimum Gasteiger partial charge on any atom is -0.252 e. The van der Waals surface area contributed by atoms with Crippen LogP contribution in [0.5, 0.6) is 0 Å². The predicted molar refractivity (Wildman–Crippen MR) is 52.6 cm³/mol. The smallest absolute Gasteiger partial charge is 0.194 e. The number of fused-ring (bicyclic) bond motifs is 1. The zero-order valence-corrected chi connectivity index (χ0v) is 8.32. The van der Waals surface area contributed by atoms with E-state index in [1.807, 2.05) is 6.07 Å². The van der Waals surface area contributed by atoms with Crippen LogP contribution >= 0.6 is 0 Å². The van der Waals surface area contributed by atoms with Crippen LogP contribution in [-0.4, -0.2) is 24.6 Å². The van der Waals surface area contributed by atoms with Crippen LogP contribution < -0.4 is 0 Å². The molecular weight excluding hydrogens is 200 g/mol. The Bertz CT molecular complexity index is 578. The zero-order valence-electron chi connectivity index (χ0n) is 7.51. The minimum absolute atomic E-state index is 0.0104. The molecule has 14 heavy (non-hydrogen) atoms. The predicted octanol–water partition coefficient (Wildman–Crippen LogP) is 1.03. The maximum atomic E-state index is 11.2. The van der Waals surface area contributed by atoms with Gasteiger partial charge in [-0.15, -0.1) is 0 Å². The van der Waals surface area contributed by atoms with Gasteiger partial charge in [0.1, 0.15) is 0 Å². The molecule has 4 nitrogen and oxygen atoms in total. The van der Waals surface area contributed by atoms with Crippen LogP contribution in [0.3, 0.4) is 0 Å². The Hall–Kier alpha value is -1.49. The molecule has 1 aromatic heterocycles. The van der Waals surface area contributed by atoms with Crippen molar-refractivity contribution in [1.82, 2.24) is 9.97 Å². The van der Waals surface area contributed by atoms with Crippen molar-refractivity contribution in [1.29, 1.82) is 0 Å². The lowest BCUT2D eigenvalue weighted by molar-refractivity contribution is 0.598. The summed E-state index contributed by atoms with van der Waals surface area (Å²) in [4.78, 5) is 8.00. The number of hydrogen-bond acceptors (Lipinski definition) is 4. The molecule has 0 N–H and O–H groups in total. The molecule has 0 fully saturated rings. The second-order valence-electron chi connectivity index (χ2n) is 2.97. The van der Waals surface area contributed by atoms with Crippen LogP contribution in [-0.2, 0) is 9.84 Å². The van der Waals surface area contributed by atoms with Crippen LogP contribution in [0.4, 0.5) is 0 Å². The minimum atomic E-state index is -3.27. The molecule has 0 unspecified atom stereocenters. The quantitative estimate of drug-likeness (QED) is 0.702. The van der Waals surface area contributed by atoms with Crippen molar-refractivity contribution in [2.45, 2.75) is 5.03 Å². The van der Waals surface area contributed by atoms with Crippen molar-refractivity contribution in [2.24, 2.45) is 0 Å². The summed E-state index contributed by atoms with van der Waals surface area (Å²) < 4.78 is 22.3. The highest BCUT2D eigenvalue weighted by Gasteiger charge is 2.09. The molecule has 5 heteroatoms. The number of aromatic nitrogens is 2. The van der Waals surface area contributed by atoms with E-state index in [0.29, 0.717) is 11.0 Å². The summed E-state index contributed by atoms with van der Waals surface area (Å²) in [7, 11) is -3.27. The van der Waals surface area contributed by atoms with Crippen LogP contribution in [0.2, 0.25) is 0 Å². The summed E-state index contributed by atoms with van der Waals surface area (Å²) in [5.74, 6) is 0. The SMILES string of the molecule is CS(=O)(=O)c1cnc2ccccc2n1. The summed E-state index contributed by atoms with van der Waals surface area (Å²) in [6.07, 6.45) is 2.39. The van der Waals surface area contributed by atoms with E-state index < -0.39 is 9.84 Å². The van der Waals surface area contributed by atoms with Gasteiger partial charge >= 0.3 is 0 Å². The molecule has 0 bridgehead atoms. The van der Waals surface area contributed by atoms with Gasteiger partial charge in [0.25, 0.3) is 0 Å². The van der Waals surface area contributed by atoms with Gasteiger partial charge in [-0.25, -0.2) is 13.4 Å². The Labute approximate surface area is 81.5 Å². The fraction of sp³-hybridized carbons (Fsp3) is 0.111. The number of hydrogen-bond donors (Lipinski definition) is 0. The highest BCUT2D eigenvalue weighted by Crippen LogP contribution is 2.11. The van der Waals surface area contributed by atoms with E-state index in [1.54, 1.807) is 18.2 Å². The van der Waals surface area contributed by atoms with Crippen molar-refractivity contribution < 1.29 is 8.42 Å². The molecule has 0 aliphatic heterocycles. The fourth-order valence-corrected chi connectivity index (χ4v) is 1.63. The van der Waals surface area contributed by atoms with Crippen molar-refractivity contribution in [3.8, 4) is 0 Å². The van der Waals surface area contributed by atoms with Crippen LogP contribution in [0.1, 0.15) is 0 Å². The van der Waals surface area contributed by atoms with Crippen LogP contribution in [0.15, 0.2) is 35.5 Å². The lowest BCUT2D eigenvalue weighted by Gasteiger charge is -1.98. The van der Waals surface area contributed by atoms with Gasteiger partial charge in [0.15, 0.2) is 14.9 Å². The van der Waals surface area contributed by atoms with Crippen molar-refractivity contribution in [3.63, 3.8) is 0 Å². The molecule has 0 atom stereocenters.